The van der Waals surface area contributed by atoms with Gasteiger partial charge >= 0.3 is 0 Å². The van der Waals surface area contributed by atoms with Gasteiger partial charge in [0, 0.05) is 38.8 Å². The lowest BCUT2D eigenvalue weighted by molar-refractivity contribution is 0.623. The van der Waals surface area contributed by atoms with Crippen LogP contribution in [0.2, 0.25) is 0 Å². The molecule has 0 saturated carbocycles. The molecule has 1 heterocycles. The number of anilines is 3. The van der Waals surface area contributed by atoms with E-state index < -0.39 is 0 Å². The molecule has 0 aliphatic heterocycles. The van der Waals surface area contributed by atoms with E-state index in [1.165, 1.54) is 44.5 Å². The first-order chi connectivity index (χ1) is 27.3. The van der Waals surface area contributed by atoms with Crippen LogP contribution in [0.5, 0.6) is 0 Å². The van der Waals surface area contributed by atoms with Crippen molar-refractivity contribution in [3.63, 3.8) is 0 Å². The van der Waals surface area contributed by atoms with Gasteiger partial charge in [0.2, 0.25) is 5.89 Å². The highest BCUT2D eigenvalue weighted by Gasteiger charge is 2.37. The van der Waals surface area contributed by atoms with E-state index in [1.54, 1.807) is 0 Å². The fraction of sp³-hybridized carbons (Fsp3) is 0.113. The van der Waals surface area contributed by atoms with Crippen molar-refractivity contribution in [1.82, 2.24) is 4.98 Å². The Kier molecular flexibility index (Phi) is 6.94. The van der Waals surface area contributed by atoms with Crippen LogP contribution >= 0.6 is 0 Å². The smallest absolute Gasteiger partial charge is 0.227 e. The number of hydrogen-bond acceptors (Lipinski definition) is 3. The van der Waals surface area contributed by atoms with Crippen molar-refractivity contribution < 1.29 is 4.42 Å². The summed E-state index contributed by atoms with van der Waals surface area (Å²) < 4.78 is 6.42. The SMILES string of the molecule is CC1(C)c2ccccc2-c2cc(N(c3ccc(-c4ccc5ccc6nc(-c7ccccc7)oc6c5c4)cc3)c3ccc4c(c3)-c3ccccc3C4(C)C)ccc21. The van der Waals surface area contributed by atoms with Crippen LogP contribution in [0.25, 0.3) is 66.7 Å². The Morgan fingerprint density at radius 1 is 0.429 bits per heavy atom. The summed E-state index contributed by atoms with van der Waals surface area (Å²) in [5, 5.41) is 2.19. The van der Waals surface area contributed by atoms with Gasteiger partial charge in [0.05, 0.1) is 0 Å². The first-order valence-corrected chi connectivity index (χ1v) is 19.5. The Labute approximate surface area is 327 Å². The lowest BCUT2D eigenvalue weighted by atomic mass is 9.82. The van der Waals surface area contributed by atoms with Crippen LogP contribution in [0.3, 0.4) is 0 Å². The summed E-state index contributed by atoms with van der Waals surface area (Å²) >= 11 is 0. The predicted octanol–water partition coefficient (Wildman–Crippen LogP) is 14.4. The van der Waals surface area contributed by atoms with E-state index >= 15 is 0 Å². The van der Waals surface area contributed by atoms with E-state index in [9.17, 15) is 0 Å². The van der Waals surface area contributed by atoms with Gasteiger partial charge in [-0.05, 0) is 122 Å². The molecule has 9 aromatic rings. The summed E-state index contributed by atoms with van der Waals surface area (Å²) in [6.45, 7) is 9.37. The minimum atomic E-state index is -0.0555. The molecule has 56 heavy (non-hydrogen) atoms. The molecule has 3 heteroatoms. The highest BCUT2D eigenvalue weighted by atomic mass is 16.3. The third-order valence-corrected chi connectivity index (χ3v) is 12.5. The molecule has 268 valence electrons. The summed E-state index contributed by atoms with van der Waals surface area (Å²) in [6, 6.07) is 61.8. The zero-order valence-electron chi connectivity index (χ0n) is 32.0. The Balaban J connectivity index is 1.04. The van der Waals surface area contributed by atoms with Gasteiger partial charge < -0.3 is 9.32 Å². The van der Waals surface area contributed by atoms with Crippen LogP contribution in [-0.2, 0) is 10.8 Å². The van der Waals surface area contributed by atoms with Crippen molar-refractivity contribution in [2.45, 2.75) is 38.5 Å². The fourth-order valence-corrected chi connectivity index (χ4v) is 9.53. The van der Waals surface area contributed by atoms with E-state index in [4.69, 9.17) is 9.40 Å². The minimum absolute atomic E-state index is 0.0555. The summed E-state index contributed by atoms with van der Waals surface area (Å²) in [4.78, 5) is 7.26. The molecular formula is C53H40N2O. The quantitative estimate of drug-likeness (QED) is 0.177. The van der Waals surface area contributed by atoms with Crippen LogP contribution in [0, 0.1) is 0 Å². The van der Waals surface area contributed by atoms with E-state index in [0.29, 0.717) is 5.89 Å². The van der Waals surface area contributed by atoms with Crippen molar-refractivity contribution in [3.05, 3.63) is 192 Å². The second-order valence-corrected chi connectivity index (χ2v) is 16.4. The molecule has 2 aliphatic rings. The van der Waals surface area contributed by atoms with Gasteiger partial charge in [-0.25, -0.2) is 4.98 Å². The Bertz CT molecular complexity index is 2920. The van der Waals surface area contributed by atoms with Crippen molar-refractivity contribution in [3.8, 4) is 44.8 Å². The molecule has 11 rings (SSSR count). The van der Waals surface area contributed by atoms with Gasteiger partial charge in [-0.2, -0.15) is 0 Å². The highest BCUT2D eigenvalue weighted by Crippen LogP contribution is 2.53. The number of oxazole rings is 1. The molecule has 0 atom stereocenters. The lowest BCUT2D eigenvalue weighted by Crippen LogP contribution is -2.16. The first-order valence-electron chi connectivity index (χ1n) is 19.5. The van der Waals surface area contributed by atoms with Gasteiger partial charge in [-0.1, -0.05) is 137 Å². The number of rotatable bonds is 5. The molecule has 0 bridgehead atoms. The first kappa shape index (κ1) is 32.7. The number of fused-ring (bicyclic) bond motifs is 9. The van der Waals surface area contributed by atoms with Gasteiger partial charge in [0.1, 0.15) is 5.52 Å². The van der Waals surface area contributed by atoms with Gasteiger partial charge in [0.15, 0.2) is 5.58 Å². The molecule has 2 aliphatic carbocycles. The van der Waals surface area contributed by atoms with E-state index in [0.717, 1.165) is 55.6 Å². The summed E-state index contributed by atoms with van der Waals surface area (Å²) in [7, 11) is 0. The zero-order chi connectivity index (χ0) is 37.8. The molecule has 0 amide bonds. The topological polar surface area (TPSA) is 29.3 Å². The van der Waals surface area contributed by atoms with Gasteiger partial charge in [-0.3, -0.25) is 0 Å². The summed E-state index contributed by atoms with van der Waals surface area (Å²) in [5.41, 5.74) is 19.0. The third kappa shape index (κ3) is 4.80. The molecule has 0 radical (unpaired) electrons. The van der Waals surface area contributed by atoms with Crippen molar-refractivity contribution in [1.29, 1.82) is 0 Å². The Morgan fingerprint density at radius 2 is 0.946 bits per heavy atom. The average Bonchev–Trinajstić information content (AvgIpc) is 3.85. The Hall–Kier alpha value is -6.71. The number of aromatic nitrogens is 1. The average molecular weight is 721 g/mol. The molecule has 0 spiro atoms. The molecule has 0 fully saturated rings. The van der Waals surface area contributed by atoms with Gasteiger partial charge in [0.25, 0.3) is 0 Å². The number of benzene rings is 8. The van der Waals surface area contributed by atoms with E-state index in [1.807, 2.05) is 36.4 Å². The molecule has 8 aromatic carbocycles. The van der Waals surface area contributed by atoms with Crippen molar-refractivity contribution in [2.24, 2.45) is 0 Å². The van der Waals surface area contributed by atoms with Crippen LogP contribution in [-0.4, -0.2) is 4.98 Å². The number of nitrogens with zero attached hydrogens (tertiary/aromatic N) is 2. The largest absolute Gasteiger partial charge is 0.435 e. The van der Waals surface area contributed by atoms with Gasteiger partial charge in [-0.15, -0.1) is 0 Å². The van der Waals surface area contributed by atoms with E-state index in [-0.39, 0.29) is 10.8 Å². The number of hydrogen-bond donors (Lipinski definition) is 0. The predicted molar refractivity (Wildman–Crippen MR) is 232 cm³/mol. The second-order valence-electron chi connectivity index (χ2n) is 16.4. The summed E-state index contributed by atoms with van der Waals surface area (Å²) in [5.74, 6) is 0.639. The molecule has 1 aromatic heterocycles. The molecule has 0 N–H and O–H groups in total. The van der Waals surface area contributed by atoms with Crippen LogP contribution < -0.4 is 4.90 Å². The Morgan fingerprint density at radius 3 is 1.57 bits per heavy atom. The lowest BCUT2D eigenvalue weighted by Gasteiger charge is -2.28. The van der Waals surface area contributed by atoms with Crippen LogP contribution in [0.1, 0.15) is 49.9 Å². The maximum atomic E-state index is 6.42. The normalized spacial score (nSPS) is 14.4. The van der Waals surface area contributed by atoms with Crippen LogP contribution in [0.15, 0.2) is 174 Å². The summed E-state index contributed by atoms with van der Waals surface area (Å²) in [6.07, 6.45) is 0. The zero-order valence-corrected chi connectivity index (χ0v) is 32.0. The molecule has 0 unspecified atom stereocenters. The maximum absolute atomic E-state index is 6.42. The molecular weight excluding hydrogens is 681 g/mol. The second kappa shape index (κ2) is 11.9. The third-order valence-electron chi connectivity index (χ3n) is 12.5. The van der Waals surface area contributed by atoms with E-state index in [2.05, 4.69) is 166 Å². The standard InChI is InChI=1S/C53H40N2O/c1-52(2)45-16-10-8-14-40(45)43-31-38(25-27-47(43)52)55(39-26-28-48-44(32-39)41-15-9-11-17-46(41)53(48,3)4)37-23-20-33(21-24-37)36-19-18-34-22-29-49-50(42(34)30-36)56-51(54-49)35-12-6-5-7-13-35/h5-32H,1-4H3. The fourth-order valence-electron chi connectivity index (χ4n) is 9.53. The highest BCUT2D eigenvalue weighted by molar-refractivity contribution is 6.05. The minimum Gasteiger partial charge on any atom is -0.435 e. The molecule has 0 saturated heterocycles. The monoisotopic (exact) mass is 720 g/mol. The maximum Gasteiger partial charge on any atom is 0.227 e. The van der Waals surface area contributed by atoms with Crippen LogP contribution in [0.4, 0.5) is 17.1 Å². The molecule has 3 nitrogen and oxygen atoms in total. The van der Waals surface area contributed by atoms with Crippen molar-refractivity contribution >= 4 is 38.9 Å². The van der Waals surface area contributed by atoms with Crippen molar-refractivity contribution in [2.75, 3.05) is 4.90 Å².